The molecule has 1 saturated heterocycles. The lowest BCUT2D eigenvalue weighted by Gasteiger charge is -2.31. The summed E-state index contributed by atoms with van der Waals surface area (Å²) in [6, 6.07) is 13.5. The number of nitrogens with one attached hydrogen (secondary N) is 1. The van der Waals surface area contributed by atoms with Crippen LogP contribution >= 0.6 is 12.2 Å². The second kappa shape index (κ2) is 8.39. The van der Waals surface area contributed by atoms with Crippen LogP contribution in [0.3, 0.4) is 0 Å². The van der Waals surface area contributed by atoms with E-state index in [1.54, 1.807) is 18.3 Å². The van der Waals surface area contributed by atoms with Gasteiger partial charge in [0.25, 0.3) is 0 Å². The Bertz CT molecular complexity index is 1190. The fourth-order valence-electron chi connectivity index (χ4n) is 4.70. The van der Waals surface area contributed by atoms with Gasteiger partial charge in [0.05, 0.1) is 23.3 Å². The van der Waals surface area contributed by atoms with Crippen molar-refractivity contribution >= 4 is 23.3 Å². The van der Waals surface area contributed by atoms with Crippen LogP contribution in [-0.4, -0.2) is 36.7 Å². The van der Waals surface area contributed by atoms with Gasteiger partial charge in [-0.1, -0.05) is 12.1 Å². The van der Waals surface area contributed by atoms with Gasteiger partial charge in [0.2, 0.25) is 0 Å². The van der Waals surface area contributed by atoms with Crippen molar-refractivity contribution in [1.82, 2.24) is 19.8 Å². The molecule has 1 aliphatic heterocycles. The maximum absolute atomic E-state index is 11.6. The summed E-state index contributed by atoms with van der Waals surface area (Å²) in [6.07, 6.45) is 1.80. The van der Waals surface area contributed by atoms with Gasteiger partial charge in [-0.2, -0.15) is 0 Å². The number of aryl methyl sites for hydroxylation is 2. The van der Waals surface area contributed by atoms with E-state index in [4.69, 9.17) is 12.2 Å². The molecule has 0 radical (unpaired) electrons. The largest absolute Gasteiger partial charge is 0.478 e. The number of hydrogen-bond acceptors (Lipinski definition) is 3. The molecule has 1 fully saturated rings. The number of aromatic carboxylic acids is 1. The minimum Gasteiger partial charge on any atom is -0.478 e. The van der Waals surface area contributed by atoms with Crippen molar-refractivity contribution in [3.63, 3.8) is 0 Å². The van der Waals surface area contributed by atoms with Crippen LogP contribution in [0.5, 0.6) is 0 Å². The highest BCUT2D eigenvalue weighted by molar-refractivity contribution is 7.80. The predicted octanol–water partition coefficient (Wildman–Crippen LogP) is 4.88. The second-order valence-corrected chi connectivity index (χ2v) is 8.98. The van der Waals surface area contributed by atoms with Gasteiger partial charge < -0.3 is 19.9 Å². The van der Waals surface area contributed by atoms with Gasteiger partial charge in [-0.3, -0.25) is 4.98 Å². The number of thiocarbonyl (C=S) groups is 1. The summed E-state index contributed by atoms with van der Waals surface area (Å²) in [7, 11) is 0. The molecule has 3 heterocycles. The molecule has 32 heavy (non-hydrogen) atoms. The Kier molecular flexibility index (Phi) is 5.77. The van der Waals surface area contributed by atoms with E-state index in [0.717, 1.165) is 39.0 Å². The number of pyridine rings is 1. The molecule has 166 valence electrons. The predicted molar refractivity (Wildman–Crippen MR) is 129 cm³/mol. The molecule has 2 atom stereocenters. The third-order valence-corrected chi connectivity index (χ3v) is 6.51. The molecule has 2 N–H and O–H groups in total. The van der Waals surface area contributed by atoms with E-state index in [9.17, 15) is 9.90 Å². The van der Waals surface area contributed by atoms with Crippen LogP contribution in [0.4, 0.5) is 0 Å². The summed E-state index contributed by atoms with van der Waals surface area (Å²) >= 11 is 5.73. The van der Waals surface area contributed by atoms with Crippen molar-refractivity contribution in [2.24, 2.45) is 0 Å². The first kappa shape index (κ1) is 22.0. The number of hydrogen-bond donors (Lipinski definition) is 2. The molecular weight excluding hydrogens is 420 g/mol. The molecule has 0 spiro atoms. The van der Waals surface area contributed by atoms with E-state index < -0.39 is 5.97 Å². The standard InChI is InChI=1S/C25H28N4O2S/c1-14(2)28-23(22(27-25(28)32)20-8-6-7-11-26-20)19-12-16(4)29(17(19)5)21-13-18(24(30)31)10-9-15(21)3/h6-14,22-23H,1-5H3,(H,27,32)(H,30,31)/t22-,23-/m1/s1. The van der Waals surface area contributed by atoms with Crippen LogP contribution in [0.15, 0.2) is 48.7 Å². The summed E-state index contributed by atoms with van der Waals surface area (Å²) in [4.78, 5) is 18.4. The third-order valence-electron chi connectivity index (χ3n) is 6.18. The first-order valence-corrected chi connectivity index (χ1v) is 11.1. The molecule has 1 aromatic carbocycles. The highest BCUT2D eigenvalue weighted by Crippen LogP contribution is 2.42. The molecular formula is C25H28N4O2S. The highest BCUT2D eigenvalue weighted by Gasteiger charge is 2.42. The molecule has 1 aliphatic rings. The van der Waals surface area contributed by atoms with E-state index in [1.807, 2.05) is 31.2 Å². The summed E-state index contributed by atoms with van der Waals surface area (Å²) in [6.45, 7) is 10.4. The quantitative estimate of drug-likeness (QED) is 0.543. The van der Waals surface area contributed by atoms with Crippen LogP contribution in [0.1, 0.15) is 64.5 Å². The summed E-state index contributed by atoms with van der Waals surface area (Å²) in [5.74, 6) is -0.930. The van der Waals surface area contributed by atoms with E-state index in [0.29, 0.717) is 0 Å². The Morgan fingerprint density at radius 2 is 1.91 bits per heavy atom. The van der Waals surface area contributed by atoms with Crippen molar-refractivity contribution < 1.29 is 9.90 Å². The molecule has 7 heteroatoms. The maximum atomic E-state index is 11.6. The average molecular weight is 449 g/mol. The Labute approximate surface area is 193 Å². The van der Waals surface area contributed by atoms with Crippen LogP contribution in [0, 0.1) is 20.8 Å². The smallest absolute Gasteiger partial charge is 0.335 e. The number of rotatable bonds is 5. The molecule has 3 aromatic rings. The Morgan fingerprint density at radius 3 is 2.53 bits per heavy atom. The maximum Gasteiger partial charge on any atom is 0.335 e. The first-order valence-electron chi connectivity index (χ1n) is 10.7. The van der Waals surface area contributed by atoms with Crippen molar-refractivity contribution in [1.29, 1.82) is 0 Å². The van der Waals surface area contributed by atoms with Crippen molar-refractivity contribution in [2.75, 3.05) is 0 Å². The summed E-state index contributed by atoms with van der Waals surface area (Å²) < 4.78 is 2.15. The number of nitrogens with zero attached hydrogens (tertiary/aromatic N) is 3. The number of aromatic nitrogens is 2. The van der Waals surface area contributed by atoms with Gasteiger partial charge >= 0.3 is 5.97 Å². The molecule has 2 aromatic heterocycles. The minimum atomic E-state index is -0.930. The Morgan fingerprint density at radius 1 is 1.16 bits per heavy atom. The molecule has 0 amide bonds. The van der Waals surface area contributed by atoms with Gasteiger partial charge in [0.1, 0.15) is 0 Å². The molecule has 0 bridgehead atoms. The van der Waals surface area contributed by atoms with Crippen LogP contribution in [0.2, 0.25) is 0 Å². The SMILES string of the molecule is Cc1ccc(C(=O)O)cc1-n1c(C)cc([C@@H]2[C@@H](c3ccccn3)NC(=S)N2C(C)C)c1C. The van der Waals surface area contributed by atoms with Gasteiger partial charge in [-0.25, -0.2) is 4.79 Å². The second-order valence-electron chi connectivity index (χ2n) is 8.60. The normalized spacial score (nSPS) is 18.3. The molecule has 4 rings (SSSR count). The lowest BCUT2D eigenvalue weighted by molar-refractivity contribution is 0.0697. The lowest BCUT2D eigenvalue weighted by atomic mass is 9.96. The van der Waals surface area contributed by atoms with Crippen molar-refractivity contribution in [2.45, 2.75) is 52.7 Å². The van der Waals surface area contributed by atoms with E-state index in [-0.39, 0.29) is 23.7 Å². The van der Waals surface area contributed by atoms with E-state index in [1.165, 1.54) is 0 Å². The van der Waals surface area contributed by atoms with E-state index >= 15 is 0 Å². The van der Waals surface area contributed by atoms with Gasteiger partial charge in [-0.15, -0.1) is 0 Å². The van der Waals surface area contributed by atoms with Crippen LogP contribution in [0.25, 0.3) is 5.69 Å². The zero-order chi connectivity index (χ0) is 23.2. The van der Waals surface area contributed by atoms with E-state index in [2.05, 4.69) is 53.5 Å². The Balaban J connectivity index is 1.88. The molecule has 0 unspecified atom stereocenters. The summed E-state index contributed by atoms with van der Waals surface area (Å²) in [5, 5.41) is 13.7. The van der Waals surface area contributed by atoms with Gasteiger partial charge in [0, 0.05) is 29.3 Å². The van der Waals surface area contributed by atoms with Gasteiger partial charge in [-0.05, 0) is 88.3 Å². The van der Waals surface area contributed by atoms with Crippen LogP contribution in [-0.2, 0) is 0 Å². The molecule has 0 aliphatic carbocycles. The highest BCUT2D eigenvalue weighted by atomic mass is 32.1. The third kappa shape index (κ3) is 3.66. The minimum absolute atomic E-state index is 0.0275. The fraction of sp³-hybridized carbons (Fsp3) is 0.320. The zero-order valence-corrected chi connectivity index (χ0v) is 19.8. The number of benzene rings is 1. The fourth-order valence-corrected chi connectivity index (χ4v) is 5.15. The first-order chi connectivity index (χ1) is 15.2. The number of carboxylic acid groups (broad SMARTS) is 1. The van der Waals surface area contributed by atoms with Gasteiger partial charge in [0.15, 0.2) is 5.11 Å². The molecule has 6 nitrogen and oxygen atoms in total. The summed E-state index contributed by atoms with van der Waals surface area (Å²) in [5.41, 5.74) is 6.38. The average Bonchev–Trinajstić information content (AvgIpc) is 3.24. The zero-order valence-electron chi connectivity index (χ0n) is 19.0. The monoisotopic (exact) mass is 448 g/mol. The topological polar surface area (TPSA) is 70.4 Å². The lowest BCUT2D eigenvalue weighted by Crippen LogP contribution is -2.35. The van der Waals surface area contributed by atoms with Crippen LogP contribution < -0.4 is 5.32 Å². The van der Waals surface area contributed by atoms with Crippen molar-refractivity contribution in [3.05, 3.63) is 82.4 Å². The molecule has 0 saturated carbocycles. The number of carbonyl (C=O) groups is 1. The van der Waals surface area contributed by atoms with Crippen molar-refractivity contribution in [3.8, 4) is 5.69 Å². The number of carboxylic acids is 1. The Hall–Kier alpha value is -3.19.